The minimum atomic E-state index is -0.00750. The Morgan fingerprint density at radius 1 is 1.56 bits per heavy atom. The first kappa shape index (κ1) is 11.1. The summed E-state index contributed by atoms with van der Waals surface area (Å²) in [5, 5.41) is 9.95. The minimum absolute atomic E-state index is 0.00750. The van der Waals surface area contributed by atoms with Gasteiger partial charge in [-0.2, -0.15) is 15.4 Å². The summed E-state index contributed by atoms with van der Waals surface area (Å²) in [7, 11) is 0. The molecule has 2 rings (SSSR count). The van der Waals surface area contributed by atoms with E-state index in [4.69, 9.17) is 0 Å². The van der Waals surface area contributed by atoms with Crippen LogP contribution in [0.15, 0.2) is 6.20 Å². The minimum Gasteiger partial charge on any atom is -0.337 e. The summed E-state index contributed by atoms with van der Waals surface area (Å²) in [5.41, 5.74) is 0.820. The molecule has 0 aliphatic carbocycles. The number of H-pyrrole nitrogens is 1. The fourth-order valence-electron chi connectivity index (χ4n) is 2.07. The lowest BCUT2D eigenvalue weighted by Gasteiger charge is -2.38. The first-order valence-electron chi connectivity index (χ1n) is 5.80. The molecular weight excluding hydrogens is 204 g/mol. The summed E-state index contributed by atoms with van der Waals surface area (Å²) < 4.78 is 0. The van der Waals surface area contributed by atoms with Crippen LogP contribution in [0.25, 0.3) is 0 Å². The van der Waals surface area contributed by atoms with Crippen LogP contribution in [-0.4, -0.2) is 39.3 Å². The first-order valence-corrected chi connectivity index (χ1v) is 5.80. The Morgan fingerprint density at radius 3 is 2.75 bits per heavy atom. The normalized spacial score (nSPS) is 19.8. The molecule has 0 radical (unpaired) electrons. The number of rotatable bonds is 2. The molecule has 0 bridgehead atoms. The highest BCUT2D eigenvalue weighted by molar-refractivity contribution is 5.91. The van der Waals surface area contributed by atoms with E-state index < -0.39 is 0 Å². The van der Waals surface area contributed by atoms with Crippen LogP contribution in [0.3, 0.4) is 0 Å². The van der Waals surface area contributed by atoms with Crippen LogP contribution in [0, 0.1) is 5.41 Å². The molecule has 1 aliphatic rings. The van der Waals surface area contributed by atoms with Gasteiger partial charge in [0.05, 0.1) is 6.20 Å². The van der Waals surface area contributed by atoms with Crippen molar-refractivity contribution in [1.29, 1.82) is 0 Å². The summed E-state index contributed by atoms with van der Waals surface area (Å²) in [4.78, 5) is 13.8. The molecule has 5 nitrogen and oxygen atoms in total. The fourth-order valence-corrected chi connectivity index (χ4v) is 2.07. The molecule has 16 heavy (non-hydrogen) atoms. The lowest BCUT2D eigenvalue weighted by molar-refractivity contribution is 0.0594. The molecule has 0 aromatic carbocycles. The summed E-state index contributed by atoms with van der Waals surface area (Å²) in [6.07, 6.45) is 4.81. The zero-order valence-electron chi connectivity index (χ0n) is 9.86. The fraction of sp³-hybridized carbons (Fsp3) is 0.727. The van der Waals surface area contributed by atoms with Crippen LogP contribution >= 0.6 is 0 Å². The van der Waals surface area contributed by atoms with Crippen LogP contribution in [0.5, 0.6) is 0 Å². The van der Waals surface area contributed by atoms with E-state index in [0.29, 0.717) is 11.1 Å². The van der Waals surface area contributed by atoms with Crippen LogP contribution in [0.2, 0.25) is 0 Å². The van der Waals surface area contributed by atoms with E-state index in [2.05, 4.69) is 29.3 Å². The average molecular weight is 222 g/mol. The van der Waals surface area contributed by atoms with Crippen molar-refractivity contribution in [2.45, 2.75) is 33.1 Å². The molecule has 2 heterocycles. The van der Waals surface area contributed by atoms with Gasteiger partial charge in [0, 0.05) is 13.1 Å². The van der Waals surface area contributed by atoms with E-state index in [0.717, 1.165) is 25.9 Å². The van der Waals surface area contributed by atoms with Crippen LogP contribution < -0.4 is 0 Å². The lowest BCUT2D eigenvalue weighted by Crippen LogP contribution is -2.42. The number of carbonyl (C=O) groups is 1. The van der Waals surface area contributed by atoms with Gasteiger partial charge in [-0.3, -0.25) is 4.79 Å². The third-order valence-corrected chi connectivity index (χ3v) is 3.75. The van der Waals surface area contributed by atoms with E-state index in [9.17, 15) is 4.79 Å². The monoisotopic (exact) mass is 222 g/mol. The smallest absolute Gasteiger partial charge is 0.276 e. The van der Waals surface area contributed by atoms with Gasteiger partial charge in [0.1, 0.15) is 0 Å². The number of hydrogen-bond donors (Lipinski definition) is 1. The first-order chi connectivity index (χ1) is 7.64. The van der Waals surface area contributed by atoms with E-state index in [1.165, 1.54) is 12.6 Å². The predicted molar refractivity (Wildman–Crippen MR) is 59.9 cm³/mol. The number of likely N-dealkylation sites (tertiary alicyclic amines) is 1. The number of aromatic amines is 1. The number of carbonyl (C=O) groups excluding carboxylic acids is 1. The average Bonchev–Trinajstić information content (AvgIpc) is 2.83. The van der Waals surface area contributed by atoms with Crippen molar-refractivity contribution >= 4 is 5.91 Å². The Hall–Kier alpha value is -1.39. The summed E-state index contributed by atoms with van der Waals surface area (Å²) in [5.74, 6) is -0.00750. The van der Waals surface area contributed by atoms with Crippen molar-refractivity contribution in [3.63, 3.8) is 0 Å². The third-order valence-electron chi connectivity index (χ3n) is 3.75. The van der Waals surface area contributed by atoms with Crippen molar-refractivity contribution in [1.82, 2.24) is 20.3 Å². The van der Waals surface area contributed by atoms with Gasteiger partial charge in [-0.1, -0.05) is 20.3 Å². The van der Waals surface area contributed by atoms with E-state index in [-0.39, 0.29) is 5.91 Å². The molecule has 1 saturated heterocycles. The molecule has 0 atom stereocenters. The number of amides is 1. The van der Waals surface area contributed by atoms with Crippen LogP contribution in [0.1, 0.15) is 43.6 Å². The second-order valence-electron chi connectivity index (χ2n) is 4.81. The highest BCUT2D eigenvalue weighted by Gasteiger charge is 2.31. The number of aromatic nitrogens is 3. The molecule has 1 aromatic rings. The Kier molecular flexibility index (Phi) is 2.94. The predicted octanol–water partition coefficient (Wildman–Crippen LogP) is 1.46. The molecule has 1 fully saturated rings. The van der Waals surface area contributed by atoms with E-state index in [1.807, 2.05) is 4.90 Å². The maximum absolute atomic E-state index is 12.0. The molecule has 88 valence electrons. The Morgan fingerprint density at radius 2 is 2.25 bits per heavy atom. The zero-order valence-corrected chi connectivity index (χ0v) is 9.86. The van der Waals surface area contributed by atoms with E-state index >= 15 is 0 Å². The van der Waals surface area contributed by atoms with Gasteiger partial charge in [-0.15, -0.1) is 0 Å². The number of nitrogens with zero attached hydrogens (tertiary/aromatic N) is 3. The summed E-state index contributed by atoms with van der Waals surface area (Å²) in [6, 6.07) is 0. The van der Waals surface area contributed by atoms with Crippen molar-refractivity contribution in [3.05, 3.63) is 11.9 Å². The largest absolute Gasteiger partial charge is 0.337 e. The van der Waals surface area contributed by atoms with E-state index in [1.54, 1.807) is 0 Å². The maximum atomic E-state index is 12.0. The van der Waals surface area contributed by atoms with Crippen molar-refractivity contribution in [2.24, 2.45) is 5.41 Å². The molecule has 0 spiro atoms. The topological polar surface area (TPSA) is 61.9 Å². The number of nitrogens with one attached hydrogen (secondary N) is 1. The van der Waals surface area contributed by atoms with Gasteiger partial charge in [0.25, 0.3) is 5.91 Å². The summed E-state index contributed by atoms with van der Waals surface area (Å²) in [6.45, 7) is 6.17. The standard InChI is InChI=1S/C11H18N4O/c1-3-11(2)4-6-15(7-5-11)10(16)9-8-12-14-13-9/h8H,3-7H2,1-2H3,(H,12,13,14). The molecule has 1 N–H and O–H groups in total. The van der Waals surface area contributed by atoms with Gasteiger partial charge in [0.2, 0.25) is 0 Å². The van der Waals surface area contributed by atoms with Gasteiger partial charge < -0.3 is 4.90 Å². The van der Waals surface area contributed by atoms with Crippen LogP contribution in [0.4, 0.5) is 0 Å². The second kappa shape index (κ2) is 4.23. The Balaban J connectivity index is 1.97. The molecule has 1 amide bonds. The molecule has 0 saturated carbocycles. The molecular formula is C11H18N4O. The number of hydrogen-bond acceptors (Lipinski definition) is 3. The van der Waals surface area contributed by atoms with Gasteiger partial charge >= 0.3 is 0 Å². The molecule has 1 aliphatic heterocycles. The van der Waals surface area contributed by atoms with Crippen molar-refractivity contribution in [3.8, 4) is 0 Å². The highest BCUT2D eigenvalue weighted by atomic mass is 16.2. The highest BCUT2D eigenvalue weighted by Crippen LogP contribution is 2.34. The maximum Gasteiger partial charge on any atom is 0.276 e. The zero-order chi connectivity index (χ0) is 11.6. The van der Waals surface area contributed by atoms with Gasteiger partial charge in [-0.05, 0) is 18.3 Å². The Bertz CT molecular complexity index is 352. The van der Waals surface area contributed by atoms with Crippen LogP contribution in [-0.2, 0) is 0 Å². The van der Waals surface area contributed by atoms with Crippen molar-refractivity contribution in [2.75, 3.05) is 13.1 Å². The quantitative estimate of drug-likeness (QED) is 0.824. The Labute approximate surface area is 95.2 Å². The lowest BCUT2D eigenvalue weighted by atomic mass is 9.78. The SMILES string of the molecule is CCC1(C)CCN(C(=O)c2cn[nH]n2)CC1. The van der Waals surface area contributed by atoms with Gasteiger partial charge in [0.15, 0.2) is 5.69 Å². The molecule has 1 aromatic heterocycles. The van der Waals surface area contributed by atoms with Crippen molar-refractivity contribution < 1.29 is 4.79 Å². The van der Waals surface area contributed by atoms with Gasteiger partial charge in [-0.25, -0.2) is 0 Å². The molecule has 0 unspecified atom stereocenters. The molecule has 5 heteroatoms. The summed E-state index contributed by atoms with van der Waals surface area (Å²) >= 11 is 0. The number of piperidine rings is 1. The third kappa shape index (κ3) is 2.08. The second-order valence-corrected chi connectivity index (χ2v) is 4.81.